The number of fused-ring (bicyclic) bond motifs is 1. The van der Waals surface area contributed by atoms with Crippen molar-refractivity contribution in [2.24, 2.45) is 0 Å². The third kappa shape index (κ3) is 6.91. The maximum Gasteiger partial charge on any atom is 0.330 e. The molecule has 1 aliphatic carbocycles. The van der Waals surface area contributed by atoms with E-state index in [2.05, 4.69) is 20.0 Å². The van der Waals surface area contributed by atoms with E-state index in [0.717, 1.165) is 24.6 Å². The third-order valence-electron chi connectivity index (χ3n) is 7.94. The minimum atomic E-state index is -4.01. The second-order valence-corrected chi connectivity index (χ2v) is 13.4. The lowest BCUT2D eigenvalue weighted by Crippen LogP contribution is -2.51. The summed E-state index contributed by atoms with van der Waals surface area (Å²) >= 11 is 0. The summed E-state index contributed by atoms with van der Waals surface area (Å²) in [5.74, 6) is -1.22. The number of anilines is 4. The molecule has 2 N–H and O–H groups in total. The van der Waals surface area contributed by atoms with Crippen LogP contribution in [0.4, 0.5) is 41.1 Å². The largest absolute Gasteiger partial charge is 0.349 e. The van der Waals surface area contributed by atoms with Crippen molar-refractivity contribution in [3.05, 3.63) is 71.4 Å². The Hall–Kier alpha value is -3.91. The van der Waals surface area contributed by atoms with E-state index < -0.39 is 45.7 Å². The number of carbonyl (C=O) groups excluding carboxylic acids is 1. The van der Waals surface area contributed by atoms with Gasteiger partial charge in [0.15, 0.2) is 0 Å². The SMILES string of the molecule is CC(C)N1C(=O)N(c2ccc(NS(=O)(=O)Cc3ccc(F)cc3)c(F)c2)Cc2cnc(N[C@@H]3CC[C@@H](N(C)C)C[C@@H]3F)nc21. The zero-order chi connectivity index (χ0) is 31.8. The topological polar surface area (TPSA) is 111 Å². The highest BCUT2D eigenvalue weighted by atomic mass is 32.2. The van der Waals surface area contributed by atoms with Crippen LogP contribution in [0, 0.1) is 11.6 Å². The van der Waals surface area contributed by atoms with E-state index in [1.54, 1.807) is 6.20 Å². The highest BCUT2D eigenvalue weighted by Crippen LogP contribution is 2.34. The minimum Gasteiger partial charge on any atom is -0.349 e. The molecule has 44 heavy (non-hydrogen) atoms. The summed E-state index contributed by atoms with van der Waals surface area (Å²) in [5, 5.41) is 3.12. The summed E-state index contributed by atoms with van der Waals surface area (Å²) in [7, 11) is -0.116. The average Bonchev–Trinajstić information content (AvgIpc) is 2.95. The number of hydrogen-bond donors (Lipinski definition) is 2. The standard InChI is InChI=1S/C30H36F3N7O3S/c1-18(2)40-28-20(15-34-29(36-28)35-26-11-9-22(38(3)4)13-24(26)32)16-39(30(40)41)23-10-12-27(25(33)14-23)37-44(42,43)17-19-5-7-21(31)8-6-19/h5-8,10,12,14-15,18,22,24,26,37H,9,11,13,16-17H2,1-4H3,(H,34,35,36)/t22-,24+,26-/m1/s1. The molecule has 3 atom stereocenters. The lowest BCUT2D eigenvalue weighted by molar-refractivity contribution is 0.139. The number of sulfonamides is 1. The van der Waals surface area contributed by atoms with E-state index in [1.165, 1.54) is 34.1 Å². The van der Waals surface area contributed by atoms with E-state index in [9.17, 15) is 22.0 Å². The molecule has 10 nitrogen and oxygen atoms in total. The average molecular weight is 632 g/mol. The van der Waals surface area contributed by atoms with Crippen LogP contribution in [-0.4, -0.2) is 67.7 Å². The number of urea groups is 1. The van der Waals surface area contributed by atoms with Gasteiger partial charge >= 0.3 is 6.03 Å². The summed E-state index contributed by atoms with van der Waals surface area (Å²) in [6, 6.07) is 7.71. The number of rotatable bonds is 9. The zero-order valence-electron chi connectivity index (χ0n) is 25.0. The second kappa shape index (κ2) is 12.6. The Morgan fingerprint density at radius 3 is 2.45 bits per heavy atom. The summed E-state index contributed by atoms with van der Waals surface area (Å²) in [6.45, 7) is 3.69. The summed E-state index contributed by atoms with van der Waals surface area (Å²) in [4.78, 5) is 27.5. The molecule has 0 saturated heterocycles. The predicted octanol–water partition coefficient (Wildman–Crippen LogP) is 5.28. The maximum atomic E-state index is 15.2. The Morgan fingerprint density at radius 2 is 1.82 bits per heavy atom. The normalized spacial score (nSPS) is 20.7. The monoisotopic (exact) mass is 631 g/mol. The first kappa shape index (κ1) is 31.5. The molecule has 2 aromatic carbocycles. The molecule has 2 aliphatic rings. The fraction of sp³-hybridized carbons (Fsp3) is 0.433. The van der Waals surface area contributed by atoms with Crippen molar-refractivity contribution in [3.63, 3.8) is 0 Å². The maximum absolute atomic E-state index is 15.2. The van der Waals surface area contributed by atoms with Gasteiger partial charge in [0.05, 0.1) is 24.0 Å². The third-order valence-corrected chi connectivity index (χ3v) is 9.19. The van der Waals surface area contributed by atoms with Gasteiger partial charge in [0.2, 0.25) is 16.0 Å². The van der Waals surface area contributed by atoms with Crippen LogP contribution < -0.4 is 19.8 Å². The minimum absolute atomic E-state index is 0.0480. The van der Waals surface area contributed by atoms with Gasteiger partial charge in [0.1, 0.15) is 23.6 Å². The Kier molecular flexibility index (Phi) is 9.02. The van der Waals surface area contributed by atoms with E-state index in [-0.39, 0.29) is 36.0 Å². The Bertz CT molecular complexity index is 1620. The number of aromatic nitrogens is 2. The van der Waals surface area contributed by atoms with Crippen molar-refractivity contribution >= 4 is 39.2 Å². The van der Waals surface area contributed by atoms with Gasteiger partial charge in [-0.15, -0.1) is 0 Å². The number of hydrogen-bond acceptors (Lipinski definition) is 7. The fourth-order valence-corrected chi connectivity index (χ4v) is 6.77. The predicted molar refractivity (Wildman–Crippen MR) is 164 cm³/mol. The van der Waals surface area contributed by atoms with Crippen LogP contribution in [0.25, 0.3) is 0 Å². The molecular weight excluding hydrogens is 595 g/mol. The molecule has 0 spiro atoms. The van der Waals surface area contributed by atoms with Crippen LogP contribution in [0.3, 0.4) is 0 Å². The summed E-state index contributed by atoms with van der Waals surface area (Å²) in [6.07, 6.45) is 2.37. The van der Waals surface area contributed by atoms with Gasteiger partial charge in [0.25, 0.3) is 0 Å². The fourth-order valence-electron chi connectivity index (χ4n) is 5.56. The number of alkyl halides is 1. The first-order valence-electron chi connectivity index (χ1n) is 14.4. The molecule has 236 valence electrons. The Balaban J connectivity index is 1.33. The van der Waals surface area contributed by atoms with E-state index in [4.69, 9.17) is 0 Å². The molecule has 5 rings (SSSR count). The number of benzene rings is 2. The Labute approximate surface area is 255 Å². The molecule has 2 amide bonds. The summed E-state index contributed by atoms with van der Waals surface area (Å²) in [5.41, 5.74) is 0.877. The van der Waals surface area contributed by atoms with Crippen LogP contribution in [0.2, 0.25) is 0 Å². The Morgan fingerprint density at radius 1 is 1.09 bits per heavy atom. The van der Waals surface area contributed by atoms with E-state index >= 15 is 4.39 Å². The van der Waals surface area contributed by atoms with Gasteiger partial charge in [-0.25, -0.2) is 31.4 Å². The smallest absolute Gasteiger partial charge is 0.330 e. The highest BCUT2D eigenvalue weighted by molar-refractivity contribution is 7.91. The molecule has 3 aromatic rings. The van der Waals surface area contributed by atoms with Gasteiger partial charge in [-0.3, -0.25) is 14.5 Å². The van der Waals surface area contributed by atoms with Crippen molar-refractivity contribution in [3.8, 4) is 0 Å². The van der Waals surface area contributed by atoms with Crippen molar-refractivity contribution in [2.45, 2.75) is 69.7 Å². The molecule has 1 aliphatic heterocycles. The van der Waals surface area contributed by atoms with Gasteiger partial charge in [-0.2, -0.15) is 4.98 Å². The number of nitrogens with one attached hydrogen (secondary N) is 2. The molecule has 1 saturated carbocycles. The van der Waals surface area contributed by atoms with Crippen LogP contribution >= 0.6 is 0 Å². The van der Waals surface area contributed by atoms with Gasteiger partial charge in [-0.05, 0) is 83.1 Å². The van der Waals surface area contributed by atoms with Crippen molar-refractivity contribution in [2.75, 3.05) is 33.9 Å². The molecule has 1 aromatic heterocycles. The molecular formula is C30H36F3N7O3S. The van der Waals surface area contributed by atoms with Crippen molar-refractivity contribution in [1.82, 2.24) is 14.9 Å². The zero-order valence-corrected chi connectivity index (χ0v) is 25.8. The molecule has 0 radical (unpaired) electrons. The highest BCUT2D eigenvalue weighted by Gasteiger charge is 2.36. The number of carbonyl (C=O) groups is 1. The quantitative estimate of drug-likeness (QED) is 0.331. The number of amides is 2. The van der Waals surface area contributed by atoms with Crippen molar-refractivity contribution < 1.29 is 26.4 Å². The second-order valence-electron chi connectivity index (χ2n) is 11.7. The van der Waals surface area contributed by atoms with E-state index in [1.807, 2.05) is 32.8 Å². The lowest BCUT2D eigenvalue weighted by atomic mass is 9.89. The molecule has 0 bridgehead atoms. The number of nitrogens with zero attached hydrogens (tertiary/aromatic N) is 5. The van der Waals surface area contributed by atoms with Gasteiger partial charge < -0.3 is 10.2 Å². The lowest BCUT2D eigenvalue weighted by Gasteiger charge is -2.38. The van der Waals surface area contributed by atoms with Crippen LogP contribution in [-0.2, 0) is 22.3 Å². The molecule has 1 fully saturated rings. The molecule has 2 heterocycles. The first-order chi connectivity index (χ1) is 20.8. The van der Waals surface area contributed by atoms with Gasteiger partial charge in [-0.1, -0.05) is 12.1 Å². The van der Waals surface area contributed by atoms with Gasteiger partial charge in [0, 0.05) is 29.5 Å². The van der Waals surface area contributed by atoms with Crippen LogP contribution in [0.15, 0.2) is 48.7 Å². The van der Waals surface area contributed by atoms with Crippen LogP contribution in [0.5, 0.6) is 0 Å². The molecule has 0 unspecified atom stereocenters. The first-order valence-corrected chi connectivity index (χ1v) is 16.0. The van der Waals surface area contributed by atoms with E-state index in [0.29, 0.717) is 29.8 Å². The van der Waals surface area contributed by atoms with Crippen LogP contribution in [0.1, 0.15) is 44.2 Å². The number of halogens is 3. The summed E-state index contributed by atoms with van der Waals surface area (Å²) < 4.78 is 70.8. The van der Waals surface area contributed by atoms with Crippen molar-refractivity contribution in [1.29, 1.82) is 0 Å². The molecule has 14 heteroatoms.